The molecular weight excluding hydrogens is 367 g/mol. The minimum atomic E-state index is -3.56. The van der Waals surface area contributed by atoms with Gasteiger partial charge in [0.15, 0.2) is 14.9 Å². The van der Waals surface area contributed by atoms with Crippen LogP contribution in [0.5, 0.6) is 0 Å². The molecule has 1 aromatic rings. The monoisotopic (exact) mass is 380 g/mol. The van der Waals surface area contributed by atoms with Crippen LogP contribution < -0.4 is 11.2 Å². The Hall–Kier alpha value is -0.930. The van der Waals surface area contributed by atoms with Gasteiger partial charge in [-0.25, -0.2) is 8.42 Å². The first-order valence-electron chi connectivity index (χ1n) is 6.15. The Morgan fingerprint density at radius 1 is 1.45 bits per heavy atom. The molecule has 0 aromatic heterocycles. The molecule has 0 fully saturated rings. The van der Waals surface area contributed by atoms with E-state index < -0.39 is 15.9 Å². The summed E-state index contributed by atoms with van der Waals surface area (Å²) in [4.78, 5) is 1.77. The summed E-state index contributed by atoms with van der Waals surface area (Å²) < 4.78 is 25.0. The van der Waals surface area contributed by atoms with E-state index in [1.807, 2.05) is 0 Å². The molecule has 120 valence electrons. The first-order chi connectivity index (χ1) is 10.1. The fraction of sp³-hybridized carbons (Fsp3) is 0.333. The topological polar surface area (TPSA) is 87.8 Å². The zero-order valence-electron chi connectivity index (χ0n) is 11.8. The van der Waals surface area contributed by atoms with Crippen LogP contribution in [0, 0.1) is 0 Å². The van der Waals surface area contributed by atoms with Crippen LogP contribution in [0.15, 0.2) is 22.1 Å². The second-order valence-electron chi connectivity index (χ2n) is 5.00. The Morgan fingerprint density at radius 3 is 2.64 bits per heavy atom. The molecule has 1 unspecified atom stereocenters. The fourth-order valence-electron chi connectivity index (χ4n) is 2.26. The van der Waals surface area contributed by atoms with Crippen LogP contribution >= 0.6 is 35.4 Å². The van der Waals surface area contributed by atoms with Crippen molar-refractivity contribution in [3.05, 3.63) is 27.7 Å². The SMILES string of the molecule is CN(C)C1CS(=O)(=O)c2c(Cl)cc(Cl)cc2/C1=N/NC(N)=S. The lowest BCUT2D eigenvalue weighted by atomic mass is 10.0. The first kappa shape index (κ1) is 17.4. The maximum Gasteiger partial charge on any atom is 0.184 e. The molecule has 0 bridgehead atoms. The van der Waals surface area contributed by atoms with E-state index in [0.717, 1.165) is 0 Å². The molecular formula is C12H14Cl2N4O2S2. The highest BCUT2D eigenvalue weighted by Gasteiger charge is 2.38. The van der Waals surface area contributed by atoms with Crippen LogP contribution in [0.4, 0.5) is 0 Å². The average Bonchev–Trinajstić information content (AvgIpc) is 2.34. The smallest absolute Gasteiger partial charge is 0.184 e. The number of halogens is 2. The van der Waals surface area contributed by atoms with Gasteiger partial charge in [0.25, 0.3) is 0 Å². The number of rotatable bonds is 2. The lowest BCUT2D eigenvalue weighted by molar-refractivity contribution is 0.378. The number of hydrogen-bond donors (Lipinski definition) is 2. The van der Waals surface area contributed by atoms with Gasteiger partial charge in [-0.2, -0.15) is 5.10 Å². The Labute approximate surface area is 144 Å². The van der Waals surface area contributed by atoms with Gasteiger partial charge in [-0.3, -0.25) is 10.3 Å². The van der Waals surface area contributed by atoms with E-state index in [0.29, 0.717) is 16.3 Å². The second-order valence-corrected chi connectivity index (χ2v) is 8.25. The van der Waals surface area contributed by atoms with Crippen LogP contribution in [-0.4, -0.2) is 50.0 Å². The Balaban J connectivity index is 2.75. The third-order valence-corrected chi connectivity index (χ3v) is 5.73. The number of nitrogens with two attached hydrogens (primary N) is 1. The van der Waals surface area contributed by atoms with Crippen LogP contribution in [0.1, 0.15) is 5.56 Å². The van der Waals surface area contributed by atoms with E-state index in [4.69, 9.17) is 41.2 Å². The summed E-state index contributed by atoms with van der Waals surface area (Å²) in [6.07, 6.45) is 0. The molecule has 1 aliphatic heterocycles. The lowest BCUT2D eigenvalue weighted by Crippen LogP contribution is -2.47. The maximum atomic E-state index is 12.5. The summed E-state index contributed by atoms with van der Waals surface area (Å²) in [7, 11) is -0.0450. The van der Waals surface area contributed by atoms with E-state index in [-0.39, 0.29) is 20.8 Å². The average molecular weight is 381 g/mol. The molecule has 1 atom stereocenters. The molecule has 10 heteroatoms. The third kappa shape index (κ3) is 3.36. The highest BCUT2D eigenvalue weighted by atomic mass is 35.5. The molecule has 0 saturated heterocycles. The largest absolute Gasteiger partial charge is 0.375 e. The number of nitrogens with one attached hydrogen (secondary N) is 1. The van der Waals surface area contributed by atoms with Crippen molar-refractivity contribution in [2.75, 3.05) is 19.8 Å². The summed E-state index contributed by atoms with van der Waals surface area (Å²) in [6, 6.07) is 2.44. The Morgan fingerprint density at radius 2 is 2.09 bits per heavy atom. The van der Waals surface area contributed by atoms with E-state index >= 15 is 0 Å². The molecule has 0 aliphatic carbocycles. The van der Waals surface area contributed by atoms with Gasteiger partial charge in [-0.05, 0) is 38.4 Å². The zero-order chi connectivity index (χ0) is 16.7. The molecule has 0 amide bonds. The number of likely N-dealkylation sites (N-methyl/N-ethyl adjacent to an activating group) is 1. The summed E-state index contributed by atoms with van der Waals surface area (Å²) in [5, 5.41) is 4.52. The van der Waals surface area contributed by atoms with Crippen molar-refractivity contribution >= 4 is 56.1 Å². The summed E-state index contributed by atoms with van der Waals surface area (Å²) in [6.45, 7) is 0. The maximum absolute atomic E-state index is 12.5. The van der Waals surface area contributed by atoms with Crippen LogP contribution in [0.2, 0.25) is 10.0 Å². The molecule has 0 saturated carbocycles. The van der Waals surface area contributed by atoms with E-state index in [9.17, 15) is 8.42 Å². The Kier molecular flexibility index (Phi) is 4.98. The van der Waals surface area contributed by atoms with Gasteiger partial charge in [-0.1, -0.05) is 23.2 Å². The van der Waals surface area contributed by atoms with E-state index in [1.54, 1.807) is 19.0 Å². The van der Waals surface area contributed by atoms with Gasteiger partial charge in [0, 0.05) is 10.6 Å². The number of benzene rings is 1. The minimum absolute atomic E-state index is 0.0203. The normalized spacial score (nSPS) is 21.7. The van der Waals surface area contributed by atoms with Gasteiger partial charge in [0.05, 0.1) is 27.4 Å². The number of thiocarbonyl (C=S) groups is 1. The number of hydrogen-bond acceptors (Lipinski definition) is 5. The van der Waals surface area contributed by atoms with Crippen LogP contribution in [-0.2, 0) is 9.84 Å². The number of hydrazone groups is 1. The van der Waals surface area contributed by atoms with Crippen LogP contribution in [0.3, 0.4) is 0 Å². The molecule has 22 heavy (non-hydrogen) atoms. The number of sulfone groups is 1. The van der Waals surface area contributed by atoms with Crippen molar-refractivity contribution in [2.24, 2.45) is 10.8 Å². The predicted molar refractivity (Wildman–Crippen MR) is 92.4 cm³/mol. The zero-order valence-corrected chi connectivity index (χ0v) is 14.9. The van der Waals surface area contributed by atoms with Gasteiger partial charge in [0.1, 0.15) is 0 Å². The highest BCUT2D eigenvalue weighted by Crippen LogP contribution is 2.35. The molecule has 1 aromatic carbocycles. The van der Waals surface area contributed by atoms with Gasteiger partial charge in [-0.15, -0.1) is 0 Å². The lowest BCUT2D eigenvalue weighted by Gasteiger charge is -2.31. The third-order valence-electron chi connectivity index (χ3n) is 3.20. The molecule has 6 nitrogen and oxygen atoms in total. The predicted octanol–water partition coefficient (Wildman–Crippen LogP) is 1.25. The number of fused-ring (bicyclic) bond motifs is 1. The quantitative estimate of drug-likeness (QED) is 0.592. The highest BCUT2D eigenvalue weighted by molar-refractivity contribution is 7.91. The minimum Gasteiger partial charge on any atom is -0.375 e. The first-order valence-corrected chi connectivity index (χ1v) is 8.96. The second kappa shape index (κ2) is 6.29. The van der Waals surface area contributed by atoms with Gasteiger partial charge < -0.3 is 5.73 Å². The molecule has 0 spiro atoms. The fourth-order valence-corrected chi connectivity index (χ4v) is 5.04. The molecule has 3 N–H and O–H groups in total. The molecule has 0 radical (unpaired) electrons. The summed E-state index contributed by atoms with van der Waals surface area (Å²) >= 11 is 16.8. The van der Waals surface area contributed by atoms with Crippen molar-refractivity contribution in [3.63, 3.8) is 0 Å². The Bertz CT molecular complexity index is 763. The van der Waals surface area contributed by atoms with Gasteiger partial charge in [0.2, 0.25) is 0 Å². The molecule has 2 rings (SSSR count). The summed E-state index contributed by atoms with van der Waals surface area (Å²) in [5.74, 6) is -0.147. The standard InChI is InChI=1S/C12H14Cl2N4O2S2/c1-18(2)9-5-22(19,20)11-7(3-6(13)4-8(11)14)10(9)16-17-12(15)21/h3-4,9H,5H2,1-2H3,(H3,15,17,21)/b16-10-. The van der Waals surface area contributed by atoms with Crippen molar-refractivity contribution < 1.29 is 8.42 Å². The molecule has 1 aliphatic rings. The van der Waals surface area contributed by atoms with Crippen molar-refractivity contribution in [3.8, 4) is 0 Å². The number of nitrogens with zero attached hydrogens (tertiary/aromatic N) is 2. The van der Waals surface area contributed by atoms with E-state index in [1.165, 1.54) is 12.1 Å². The van der Waals surface area contributed by atoms with Crippen molar-refractivity contribution in [1.82, 2.24) is 10.3 Å². The van der Waals surface area contributed by atoms with E-state index in [2.05, 4.69) is 10.5 Å². The molecule has 1 heterocycles. The van der Waals surface area contributed by atoms with Crippen LogP contribution in [0.25, 0.3) is 0 Å². The van der Waals surface area contributed by atoms with Crippen molar-refractivity contribution in [1.29, 1.82) is 0 Å². The van der Waals surface area contributed by atoms with Crippen molar-refractivity contribution in [2.45, 2.75) is 10.9 Å². The summed E-state index contributed by atoms with van der Waals surface area (Å²) in [5.41, 5.74) is 8.71. The van der Waals surface area contributed by atoms with Gasteiger partial charge >= 0.3 is 0 Å².